The third kappa shape index (κ3) is 1.57. The number of alkyl halides is 2. The average molecular weight is 246 g/mol. The molecule has 0 aliphatic carbocycles. The van der Waals surface area contributed by atoms with E-state index in [1.165, 1.54) is 0 Å². The van der Waals surface area contributed by atoms with E-state index in [4.69, 9.17) is 4.42 Å². The van der Waals surface area contributed by atoms with E-state index >= 15 is 0 Å². The van der Waals surface area contributed by atoms with E-state index in [2.05, 4.69) is 0 Å². The van der Waals surface area contributed by atoms with Gasteiger partial charge in [-0.1, -0.05) is 30.3 Å². The maximum absolute atomic E-state index is 12.6. The van der Waals surface area contributed by atoms with Crippen LogP contribution in [0, 0.1) is 0 Å². The Morgan fingerprint density at radius 1 is 1.06 bits per heavy atom. The Morgan fingerprint density at radius 3 is 2.61 bits per heavy atom. The molecule has 0 atom stereocenters. The molecule has 0 spiro atoms. The second-order valence-electron chi connectivity index (χ2n) is 3.97. The summed E-state index contributed by atoms with van der Waals surface area (Å²) < 4.78 is 30.2. The second-order valence-corrected chi connectivity index (χ2v) is 3.97. The lowest BCUT2D eigenvalue weighted by Gasteiger charge is -2.04. The summed E-state index contributed by atoms with van der Waals surface area (Å²) in [6.45, 7) is 0. The minimum absolute atomic E-state index is 0.191. The standard InChI is InChI=1S/C14H8F2O2/c15-14(16)12-7-10(17)13-9-4-2-1-3-8(9)5-6-11(13)18-12/h1-7,14H. The van der Waals surface area contributed by atoms with Crippen LogP contribution < -0.4 is 5.43 Å². The number of rotatable bonds is 1. The van der Waals surface area contributed by atoms with Gasteiger partial charge in [0.15, 0.2) is 11.2 Å². The van der Waals surface area contributed by atoms with Gasteiger partial charge >= 0.3 is 0 Å². The summed E-state index contributed by atoms with van der Waals surface area (Å²) in [5, 5.41) is 1.93. The molecule has 0 N–H and O–H groups in total. The van der Waals surface area contributed by atoms with Crippen LogP contribution in [-0.2, 0) is 0 Å². The molecule has 0 saturated heterocycles. The van der Waals surface area contributed by atoms with E-state index in [0.717, 1.165) is 11.5 Å². The Labute approximate surface area is 100 Å². The summed E-state index contributed by atoms with van der Waals surface area (Å²) in [5.74, 6) is -0.595. The van der Waals surface area contributed by atoms with Gasteiger partial charge in [0.05, 0.1) is 5.39 Å². The van der Waals surface area contributed by atoms with Crippen LogP contribution in [0.15, 0.2) is 51.7 Å². The van der Waals surface area contributed by atoms with Crippen molar-refractivity contribution in [1.29, 1.82) is 0 Å². The van der Waals surface area contributed by atoms with E-state index in [1.807, 2.05) is 12.1 Å². The highest BCUT2D eigenvalue weighted by Gasteiger charge is 2.14. The van der Waals surface area contributed by atoms with Crippen LogP contribution in [0.1, 0.15) is 12.2 Å². The molecule has 3 aromatic rings. The van der Waals surface area contributed by atoms with Gasteiger partial charge < -0.3 is 4.42 Å². The molecule has 0 aliphatic heterocycles. The van der Waals surface area contributed by atoms with E-state index in [0.29, 0.717) is 10.8 Å². The first-order valence-corrected chi connectivity index (χ1v) is 5.40. The zero-order chi connectivity index (χ0) is 12.7. The molecule has 0 amide bonds. The molecule has 4 heteroatoms. The smallest absolute Gasteiger partial charge is 0.295 e. The number of fused-ring (bicyclic) bond motifs is 3. The van der Waals surface area contributed by atoms with Gasteiger partial charge in [-0.2, -0.15) is 0 Å². The van der Waals surface area contributed by atoms with Gasteiger partial charge in [0.25, 0.3) is 6.43 Å². The fourth-order valence-electron chi connectivity index (χ4n) is 2.06. The minimum atomic E-state index is -2.78. The van der Waals surface area contributed by atoms with Crippen molar-refractivity contribution in [2.75, 3.05) is 0 Å². The van der Waals surface area contributed by atoms with Crippen molar-refractivity contribution in [2.24, 2.45) is 0 Å². The molecular weight excluding hydrogens is 238 g/mol. The number of benzene rings is 2. The highest BCUT2D eigenvalue weighted by atomic mass is 19.3. The average Bonchev–Trinajstić information content (AvgIpc) is 2.37. The van der Waals surface area contributed by atoms with Gasteiger partial charge in [-0.15, -0.1) is 0 Å². The Balaban J connectivity index is 2.49. The highest BCUT2D eigenvalue weighted by molar-refractivity contribution is 6.05. The van der Waals surface area contributed by atoms with Crippen LogP contribution in [0.3, 0.4) is 0 Å². The van der Waals surface area contributed by atoms with Gasteiger partial charge in [-0.05, 0) is 16.8 Å². The van der Waals surface area contributed by atoms with Gasteiger partial charge in [0.1, 0.15) is 5.58 Å². The van der Waals surface area contributed by atoms with Crippen LogP contribution in [-0.4, -0.2) is 0 Å². The van der Waals surface area contributed by atoms with Crippen molar-refractivity contribution in [3.8, 4) is 0 Å². The molecule has 0 radical (unpaired) electrons. The molecule has 2 nitrogen and oxygen atoms in total. The predicted octanol–water partition coefficient (Wildman–Crippen LogP) is 3.88. The highest BCUT2D eigenvalue weighted by Crippen LogP contribution is 2.26. The lowest BCUT2D eigenvalue weighted by molar-refractivity contribution is 0.122. The van der Waals surface area contributed by atoms with Crippen molar-refractivity contribution in [3.63, 3.8) is 0 Å². The minimum Gasteiger partial charge on any atom is -0.455 e. The Morgan fingerprint density at radius 2 is 1.83 bits per heavy atom. The number of halogens is 2. The third-order valence-electron chi connectivity index (χ3n) is 2.85. The molecule has 0 unspecified atom stereocenters. The largest absolute Gasteiger partial charge is 0.455 e. The quantitative estimate of drug-likeness (QED) is 0.610. The third-order valence-corrected chi connectivity index (χ3v) is 2.85. The molecule has 0 fully saturated rings. The summed E-state index contributed by atoms with van der Waals surface area (Å²) >= 11 is 0. The first-order valence-electron chi connectivity index (χ1n) is 5.40. The summed E-state index contributed by atoms with van der Waals surface area (Å²) in [4.78, 5) is 11.9. The van der Waals surface area contributed by atoms with Gasteiger partial charge in [0.2, 0.25) is 0 Å². The molecule has 1 heterocycles. The first-order chi connectivity index (χ1) is 8.66. The zero-order valence-electron chi connectivity index (χ0n) is 9.19. The molecule has 2 aromatic carbocycles. The monoisotopic (exact) mass is 246 g/mol. The molecule has 0 bridgehead atoms. The first kappa shape index (κ1) is 10.9. The molecule has 0 aliphatic rings. The van der Waals surface area contributed by atoms with Gasteiger partial charge in [-0.3, -0.25) is 4.79 Å². The topological polar surface area (TPSA) is 30.2 Å². The summed E-state index contributed by atoms with van der Waals surface area (Å²) in [7, 11) is 0. The lowest BCUT2D eigenvalue weighted by atomic mass is 10.1. The van der Waals surface area contributed by atoms with Crippen LogP contribution in [0.4, 0.5) is 8.78 Å². The fraction of sp³-hybridized carbons (Fsp3) is 0.0714. The van der Waals surface area contributed by atoms with Crippen LogP contribution in [0.25, 0.3) is 21.7 Å². The lowest BCUT2D eigenvalue weighted by Crippen LogP contribution is -2.03. The summed E-state index contributed by atoms with van der Waals surface area (Å²) in [6, 6.07) is 11.4. The van der Waals surface area contributed by atoms with Crippen molar-refractivity contribution in [1.82, 2.24) is 0 Å². The molecule has 18 heavy (non-hydrogen) atoms. The van der Waals surface area contributed by atoms with Crippen LogP contribution in [0.2, 0.25) is 0 Å². The van der Waals surface area contributed by atoms with Crippen molar-refractivity contribution < 1.29 is 13.2 Å². The normalized spacial score (nSPS) is 11.5. The summed E-state index contributed by atoms with van der Waals surface area (Å²) in [6.07, 6.45) is -2.78. The maximum Gasteiger partial charge on any atom is 0.295 e. The Hall–Kier alpha value is -2.23. The number of hydrogen-bond donors (Lipinski definition) is 0. The predicted molar refractivity (Wildman–Crippen MR) is 64.9 cm³/mol. The molecule has 3 rings (SSSR count). The van der Waals surface area contributed by atoms with Gasteiger partial charge in [0, 0.05) is 6.07 Å². The van der Waals surface area contributed by atoms with Gasteiger partial charge in [-0.25, -0.2) is 8.78 Å². The Kier molecular flexibility index (Phi) is 2.37. The molecule has 0 saturated carbocycles. The van der Waals surface area contributed by atoms with E-state index in [9.17, 15) is 13.6 Å². The van der Waals surface area contributed by atoms with Crippen molar-refractivity contribution in [2.45, 2.75) is 6.43 Å². The fourth-order valence-corrected chi connectivity index (χ4v) is 2.06. The number of hydrogen-bond acceptors (Lipinski definition) is 2. The second kappa shape index (κ2) is 3.91. The maximum atomic E-state index is 12.6. The summed E-state index contributed by atoms with van der Waals surface area (Å²) in [5.41, 5.74) is -0.250. The van der Waals surface area contributed by atoms with E-state index in [-0.39, 0.29) is 5.58 Å². The van der Waals surface area contributed by atoms with Crippen LogP contribution >= 0.6 is 0 Å². The SMILES string of the molecule is O=c1cc(C(F)F)oc2ccc3ccccc3c12. The molecule has 90 valence electrons. The van der Waals surface area contributed by atoms with E-state index in [1.54, 1.807) is 24.3 Å². The molecular formula is C14H8F2O2. The van der Waals surface area contributed by atoms with Crippen molar-refractivity contribution >= 4 is 21.7 Å². The Bertz CT molecular complexity index is 791. The zero-order valence-corrected chi connectivity index (χ0v) is 9.19. The van der Waals surface area contributed by atoms with Crippen molar-refractivity contribution in [3.05, 3.63) is 58.4 Å². The van der Waals surface area contributed by atoms with E-state index < -0.39 is 17.6 Å². The van der Waals surface area contributed by atoms with Crippen LogP contribution in [0.5, 0.6) is 0 Å². The molecule has 1 aromatic heterocycles.